The Balaban J connectivity index is 2.03. The molecule has 2 aromatic rings. The van der Waals surface area contributed by atoms with Gasteiger partial charge >= 0.3 is 0 Å². The summed E-state index contributed by atoms with van der Waals surface area (Å²) in [5, 5.41) is 0.642. The molecule has 1 heterocycles. The van der Waals surface area contributed by atoms with Gasteiger partial charge in [-0.05, 0) is 55.7 Å². The highest BCUT2D eigenvalue weighted by molar-refractivity contribution is 8.04. The third-order valence-electron chi connectivity index (χ3n) is 4.80. The lowest BCUT2D eigenvalue weighted by Gasteiger charge is -2.15. The van der Waals surface area contributed by atoms with Crippen molar-refractivity contribution in [2.24, 2.45) is 0 Å². The first-order valence-electron chi connectivity index (χ1n) is 9.54. The number of benzene rings is 2. The number of halogens is 1. The van der Waals surface area contributed by atoms with Gasteiger partial charge in [0, 0.05) is 16.5 Å². The Morgan fingerprint density at radius 2 is 1.68 bits per heavy atom. The number of aryl methyl sites for hydroxylation is 2. The Kier molecular flexibility index (Phi) is 6.63. The fourth-order valence-corrected chi connectivity index (χ4v) is 4.45. The quantitative estimate of drug-likeness (QED) is 0.411. The molecule has 1 aliphatic rings. The van der Waals surface area contributed by atoms with Crippen molar-refractivity contribution in [2.75, 3.05) is 6.54 Å². The summed E-state index contributed by atoms with van der Waals surface area (Å²) in [6, 6.07) is 13.3. The van der Waals surface area contributed by atoms with Crippen LogP contribution in [0.3, 0.4) is 0 Å². The first kappa shape index (κ1) is 20.7. The van der Waals surface area contributed by atoms with Gasteiger partial charge in [0.2, 0.25) is 0 Å². The van der Waals surface area contributed by atoms with Crippen LogP contribution in [0.1, 0.15) is 42.9 Å². The number of hydrogen-bond acceptors (Lipinski definition) is 3. The van der Waals surface area contributed by atoms with E-state index in [1.807, 2.05) is 44.2 Å². The van der Waals surface area contributed by atoms with Crippen molar-refractivity contribution in [1.82, 2.24) is 4.90 Å². The highest BCUT2D eigenvalue weighted by Gasteiger charge is 2.39. The Morgan fingerprint density at radius 1 is 0.964 bits per heavy atom. The van der Waals surface area contributed by atoms with Gasteiger partial charge in [0.25, 0.3) is 11.8 Å². The highest BCUT2D eigenvalue weighted by atomic mass is 35.5. The van der Waals surface area contributed by atoms with Crippen LogP contribution in [0.15, 0.2) is 52.3 Å². The number of carbonyl (C=O) groups is 2. The van der Waals surface area contributed by atoms with E-state index in [2.05, 4.69) is 6.92 Å². The summed E-state index contributed by atoms with van der Waals surface area (Å²) in [5.41, 5.74) is 3.48. The van der Waals surface area contributed by atoms with E-state index in [0.717, 1.165) is 40.8 Å². The molecule has 1 aliphatic heterocycles. The number of nitrogens with zero attached hydrogens (tertiary/aromatic N) is 1. The molecule has 0 aromatic heterocycles. The number of amides is 2. The van der Waals surface area contributed by atoms with Crippen LogP contribution < -0.4 is 0 Å². The van der Waals surface area contributed by atoms with E-state index < -0.39 is 0 Å². The van der Waals surface area contributed by atoms with Gasteiger partial charge in [-0.2, -0.15) is 0 Å². The SMILES string of the molecule is CCCCCN1C(=O)C(Sc2ccc(Cl)cc2)=C(c2ccc(C)cc2C)C1=O. The van der Waals surface area contributed by atoms with Crippen LogP contribution in [0, 0.1) is 13.8 Å². The second-order valence-electron chi connectivity index (χ2n) is 7.05. The third-order valence-corrected chi connectivity index (χ3v) is 6.14. The summed E-state index contributed by atoms with van der Waals surface area (Å²) in [6.45, 7) is 6.57. The number of unbranched alkanes of at least 4 members (excludes halogenated alkanes) is 2. The fraction of sp³-hybridized carbons (Fsp3) is 0.304. The molecule has 0 spiro atoms. The Morgan fingerprint density at radius 3 is 2.32 bits per heavy atom. The van der Waals surface area contributed by atoms with Gasteiger partial charge in [0.1, 0.15) is 0 Å². The highest BCUT2D eigenvalue weighted by Crippen LogP contribution is 2.41. The van der Waals surface area contributed by atoms with Crippen LogP contribution in [0.4, 0.5) is 0 Å². The van der Waals surface area contributed by atoms with Crippen LogP contribution in [0.2, 0.25) is 5.02 Å². The maximum atomic E-state index is 13.2. The van der Waals surface area contributed by atoms with E-state index >= 15 is 0 Å². The number of rotatable bonds is 7. The molecule has 3 nitrogen and oxygen atoms in total. The number of carbonyl (C=O) groups excluding carboxylic acids is 2. The number of hydrogen-bond donors (Lipinski definition) is 0. The summed E-state index contributed by atoms with van der Waals surface area (Å²) in [6.07, 6.45) is 2.86. The number of imide groups is 1. The van der Waals surface area contributed by atoms with Gasteiger partial charge in [0.15, 0.2) is 0 Å². The average molecular weight is 414 g/mol. The summed E-state index contributed by atoms with van der Waals surface area (Å²) in [7, 11) is 0. The van der Waals surface area contributed by atoms with Crippen LogP contribution >= 0.6 is 23.4 Å². The minimum atomic E-state index is -0.198. The van der Waals surface area contributed by atoms with Gasteiger partial charge < -0.3 is 0 Å². The molecule has 0 fully saturated rings. The molecule has 5 heteroatoms. The lowest BCUT2D eigenvalue weighted by molar-refractivity contribution is -0.136. The molecule has 2 aromatic carbocycles. The van der Waals surface area contributed by atoms with Crippen molar-refractivity contribution in [1.29, 1.82) is 0 Å². The van der Waals surface area contributed by atoms with Crippen molar-refractivity contribution in [3.8, 4) is 0 Å². The standard InChI is InChI=1S/C23H24ClNO2S/c1-4-5-6-13-25-22(26)20(19-12-7-15(2)14-16(19)3)21(23(25)27)28-18-10-8-17(24)9-11-18/h7-12,14H,4-6,13H2,1-3H3. The van der Waals surface area contributed by atoms with E-state index in [1.165, 1.54) is 16.7 Å². The van der Waals surface area contributed by atoms with E-state index in [0.29, 0.717) is 22.0 Å². The molecule has 0 unspecified atom stereocenters. The zero-order valence-electron chi connectivity index (χ0n) is 16.4. The van der Waals surface area contributed by atoms with Crippen LogP contribution in [-0.4, -0.2) is 23.3 Å². The van der Waals surface area contributed by atoms with E-state index in [1.54, 1.807) is 12.1 Å². The molecule has 0 radical (unpaired) electrons. The van der Waals surface area contributed by atoms with Gasteiger partial charge in [-0.3, -0.25) is 14.5 Å². The normalized spacial score (nSPS) is 14.4. The molecule has 0 saturated heterocycles. The van der Waals surface area contributed by atoms with Gasteiger partial charge in [0.05, 0.1) is 10.5 Å². The monoisotopic (exact) mass is 413 g/mol. The smallest absolute Gasteiger partial charge is 0.268 e. The molecule has 28 heavy (non-hydrogen) atoms. The molecule has 0 atom stereocenters. The molecule has 0 N–H and O–H groups in total. The maximum absolute atomic E-state index is 13.2. The fourth-order valence-electron chi connectivity index (χ4n) is 3.32. The molecule has 0 aliphatic carbocycles. The van der Waals surface area contributed by atoms with Crippen molar-refractivity contribution < 1.29 is 9.59 Å². The zero-order chi connectivity index (χ0) is 20.3. The van der Waals surface area contributed by atoms with E-state index in [-0.39, 0.29) is 11.8 Å². The Bertz CT molecular complexity index is 934. The van der Waals surface area contributed by atoms with Crippen molar-refractivity contribution >= 4 is 40.8 Å². The average Bonchev–Trinajstić information content (AvgIpc) is 2.88. The van der Waals surface area contributed by atoms with Crippen molar-refractivity contribution in [3.05, 3.63) is 69.1 Å². The largest absolute Gasteiger partial charge is 0.274 e. The molecular formula is C23H24ClNO2S. The first-order valence-corrected chi connectivity index (χ1v) is 10.7. The summed E-state index contributed by atoms with van der Waals surface area (Å²) in [5.74, 6) is -0.388. The van der Waals surface area contributed by atoms with Gasteiger partial charge in [-0.25, -0.2) is 0 Å². The number of thioether (sulfide) groups is 1. The molecular weight excluding hydrogens is 390 g/mol. The lowest BCUT2D eigenvalue weighted by Crippen LogP contribution is -2.32. The van der Waals surface area contributed by atoms with Gasteiger partial charge in [-0.1, -0.05) is 66.9 Å². The van der Waals surface area contributed by atoms with Crippen molar-refractivity contribution in [2.45, 2.75) is 44.9 Å². The van der Waals surface area contributed by atoms with Crippen LogP contribution in [0.5, 0.6) is 0 Å². The second-order valence-corrected chi connectivity index (χ2v) is 8.57. The Labute approximate surface area is 175 Å². The Hall–Kier alpha value is -2.04. The predicted molar refractivity (Wildman–Crippen MR) is 116 cm³/mol. The lowest BCUT2D eigenvalue weighted by atomic mass is 9.99. The minimum absolute atomic E-state index is 0.190. The topological polar surface area (TPSA) is 37.4 Å². The molecule has 3 rings (SSSR count). The van der Waals surface area contributed by atoms with E-state index in [9.17, 15) is 9.59 Å². The van der Waals surface area contributed by atoms with E-state index in [4.69, 9.17) is 11.6 Å². The molecule has 0 saturated carbocycles. The van der Waals surface area contributed by atoms with Crippen molar-refractivity contribution in [3.63, 3.8) is 0 Å². The zero-order valence-corrected chi connectivity index (χ0v) is 18.0. The summed E-state index contributed by atoms with van der Waals surface area (Å²) >= 11 is 7.32. The summed E-state index contributed by atoms with van der Waals surface area (Å²) in [4.78, 5) is 29.1. The molecule has 2 amide bonds. The second kappa shape index (κ2) is 8.97. The maximum Gasteiger partial charge on any atom is 0.268 e. The third kappa shape index (κ3) is 4.34. The first-order chi connectivity index (χ1) is 13.4. The molecule has 146 valence electrons. The van der Waals surface area contributed by atoms with Crippen LogP contribution in [-0.2, 0) is 9.59 Å². The van der Waals surface area contributed by atoms with Gasteiger partial charge in [-0.15, -0.1) is 0 Å². The molecule has 0 bridgehead atoms. The predicted octanol–water partition coefficient (Wildman–Crippen LogP) is 6.02. The summed E-state index contributed by atoms with van der Waals surface area (Å²) < 4.78 is 0. The van der Waals surface area contributed by atoms with Crippen LogP contribution in [0.25, 0.3) is 5.57 Å². The minimum Gasteiger partial charge on any atom is -0.274 e.